The van der Waals surface area contributed by atoms with E-state index in [0.717, 1.165) is 16.7 Å². The third-order valence-electron chi connectivity index (χ3n) is 6.27. The van der Waals surface area contributed by atoms with Crippen molar-refractivity contribution in [1.29, 1.82) is 0 Å². The zero-order chi connectivity index (χ0) is 26.0. The Bertz CT molecular complexity index is 1260. The molecule has 35 heavy (non-hydrogen) atoms. The molecule has 2 aromatic carbocycles. The molecule has 9 heteroatoms. The zero-order valence-corrected chi connectivity index (χ0v) is 21.8. The lowest BCUT2D eigenvalue weighted by atomic mass is 9.92. The maximum absolute atomic E-state index is 14.8. The molecule has 0 aliphatic heterocycles. The van der Waals surface area contributed by atoms with Gasteiger partial charge in [0.1, 0.15) is 29.5 Å². The zero-order valence-electron chi connectivity index (χ0n) is 21.0. The number of hydrogen-bond donors (Lipinski definition) is 2. The van der Waals surface area contributed by atoms with Gasteiger partial charge in [0, 0.05) is 35.8 Å². The third kappa shape index (κ3) is 4.89. The summed E-state index contributed by atoms with van der Waals surface area (Å²) in [6, 6.07) is 6.09. The number of rotatable bonds is 7. The lowest BCUT2D eigenvalue weighted by Gasteiger charge is -2.31. The second-order valence-electron chi connectivity index (χ2n) is 8.69. The van der Waals surface area contributed by atoms with Gasteiger partial charge >= 0.3 is 0 Å². The van der Waals surface area contributed by atoms with Crippen molar-refractivity contribution in [3.05, 3.63) is 63.7 Å². The molecule has 1 unspecified atom stereocenters. The van der Waals surface area contributed by atoms with Crippen LogP contribution >= 0.6 is 11.6 Å². The van der Waals surface area contributed by atoms with E-state index in [1.807, 2.05) is 45.7 Å². The molecule has 186 valence electrons. The molecular formula is C26H31ClFN5O2. The average molecular weight is 500 g/mol. The lowest BCUT2D eigenvalue weighted by Crippen LogP contribution is -2.25. The lowest BCUT2D eigenvalue weighted by molar-refractivity contribution is 0.0959. The second-order valence-corrected chi connectivity index (χ2v) is 9.10. The Balaban J connectivity index is 2.18. The van der Waals surface area contributed by atoms with Crippen molar-refractivity contribution < 1.29 is 13.9 Å². The fraction of sp³-hybridized carbons (Fsp3) is 0.346. The maximum atomic E-state index is 14.8. The van der Waals surface area contributed by atoms with Crippen molar-refractivity contribution in [3.63, 3.8) is 0 Å². The number of aromatic nitrogens is 2. The minimum absolute atomic E-state index is 0.0363. The van der Waals surface area contributed by atoms with E-state index in [-0.39, 0.29) is 17.5 Å². The molecule has 1 heterocycles. The molecule has 0 fully saturated rings. The van der Waals surface area contributed by atoms with Crippen LogP contribution in [0, 0.1) is 12.7 Å². The molecule has 0 bridgehead atoms. The number of carbonyl (C=O) groups is 1. The molecule has 0 radical (unpaired) electrons. The first kappa shape index (κ1) is 26.2. The molecule has 3 aromatic rings. The number of methoxy groups -OCH3 is 1. The molecule has 3 rings (SSSR count). The molecule has 1 atom stereocenters. The highest BCUT2D eigenvalue weighted by Gasteiger charge is 2.26. The number of halogens is 2. The molecule has 0 aliphatic carbocycles. The topological polar surface area (TPSA) is 93.4 Å². The van der Waals surface area contributed by atoms with E-state index in [1.165, 1.54) is 25.5 Å². The summed E-state index contributed by atoms with van der Waals surface area (Å²) in [5.41, 5.74) is 9.73. The molecular weight excluding hydrogens is 469 g/mol. The number of anilines is 2. The molecule has 0 aliphatic rings. The van der Waals surface area contributed by atoms with Gasteiger partial charge in [-0.1, -0.05) is 31.5 Å². The highest BCUT2D eigenvalue weighted by Crippen LogP contribution is 2.44. The largest absolute Gasteiger partial charge is 0.496 e. The summed E-state index contributed by atoms with van der Waals surface area (Å²) in [6.07, 6.45) is 1.45. The summed E-state index contributed by atoms with van der Waals surface area (Å²) in [5.74, 6) is 0.692. The number of nitrogens with one attached hydrogen (secondary N) is 1. The van der Waals surface area contributed by atoms with Crippen LogP contribution in [0.15, 0.2) is 30.6 Å². The Hall–Kier alpha value is -3.39. The minimum Gasteiger partial charge on any atom is -0.496 e. The summed E-state index contributed by atoms with van der Waals surface area (Å²) in [4.78, 5) is 22.6. The van der Waals surface area contributed by atoms with Crippen LogP contribution in [0.3, 0.4) is 0 Å². The van der Waals surface area contributed by atoms with Crippen molar-refractivity contribution in [1.82, 2.24) is 15.3 Å². The molecule has 0 saturated heterocycles. The van der Waals surface area contributed by atoms with Gasteiger partial charge in [-0.25, -0.2) is 14.4 Å². The van der Waals surface area contributed by atoms with Crippen molar-refractivity contribution in [2.75, 3.05) is 31.8 Å². The van der Waals surface area contributed by atoms with Gasteiger partial charge < -0.3 is 20.7 Å². The van der Waals surface area contributed by atoms with Crippen LogP contribution in [0.2, 0.25) is 5.02 Å². The quantitative estimate of drug-likeness (QED) is 0.445. The van der Waals surface area contributed by atoms with Crippen molar-refractivity contribution in [3.8, 4) is 16.9 Å². The number of hydrogen-bond acceptors (Lipinski definition) is 6. The monoisotopic (exact) mass is 499 g/mol. The number of amides is 1. The van der Waals surface area contributed by atoms with Crippen molar-refractivity contribution in [2.45, 2.75) is 39.7 Å². The minimum atomic E-state index is -0.631. The fourth-order valence-electron chi connectivity index (χ4n) is 4.24. The van der Waals surface area contributed by atoms with E-state index < -0.39 is 11.7 Å². The molecule has 0 spiro atoms. The number of nitrogen functional groups attached to an aromatic ring is 1. The first-order chi connectivity index (χ1) is 16.5. The van der Waals surface area contributed by atoms with Gasteiger partial charge in [0.15, 0.2) is 0 Å². The number of nitrogens with zero attached hydrogens (tertiary/aromatic N) is 3. The number of carbonyl (C=O) groups excluding carboxylic acids is 1. The fourth-order valence-corrected chi connectivity index (χ4v) is 4.45. The van der Waals surface area contributed by atoms with Crippen LogP contribution in [0.1, 0.15) is 59.8 Å². The highest BCUT2D eigenvalue weighted by atomic mass is 35.5. The third-order valence-corrected chi connectivity index (χ3v) is 6.67. The van der Waals surface area contributed by atoms with E-state index in [1.54, 1.807) is 13.2 Å². The SMILES string of the molecule is CNC(=O)c1ccc(-c2c(C)c(Cl)cc(C(C)N(C)c3ncnc(N)c3C(C)C)c2OC)cc1F. The van der Waals surface area contributed by atoms with Gasteiger partial charge in [-0.15, -0.1) is 0 Å². The van der Waals surface area contributed by atoms with Gasteiger partial charge in [0.25, 0.3) is 5.91 Å². The van der Waals surface area contributed by atoms with Crippen LogP contribution in [-0.4, -0.2) is 37.1 Å². The summed E-state index contributed by atoms with van der Waals surface area (Å²) in [5, 5.41) is 2.96. The second kappa shape index (κ2) is 10.5. The van der Waals surface area contributed by atoms with Gasteiger partial charge in [-0.2, -0.15) is 0 Å². The van der Waals surface area contributed by atoms with Crippen LogP contribution in [-0.2, 0) is 0 Å². The number of benzene rings is 2. The summed E-state index contributed by atoms with van der Waals surface area (Å²) in [7, 11) is 4.95. The molecule has 0 saturated carbocycles. The Morgan fingerprint density at radius 3 is 2.49 bits per heavy atom. The van der Waals surface area contributed by atoms with Crippen LogP contribution in [0.25, 0.3) is 11.1 Å². The highest BCUT2D eigenvalue weighted by molar-refractivity contribution is 6.32. The summed E-state index contributed by atoms with van der Waals surface area (Å²) < 4.78 is 20.7. The van der Waals surface area contributed by atoms with Gasteiger partial charge in [-0.05, 0) is 49.1 Å². The standard InChI is InChI=1S/C26H31ClFN5O2/c1-13(2)21-24(29)31-12-32-25(21)33(6)15(4)18-11-19(27)14(3)22(23(18)35-7)16-8-9-17(20(28)10-16)26(34)30-5/h8-13,15H,1-7H3,(H,30,34)(H2,29,31,32). The first-order valence-electron chi connectivity index (χ1n) is 11.3. The summed E-state index contributed by atoms with van der Waals surface area (Å²) in [6.45, 7) is 7.93. The Morgan fingerprint density at radius 1 is 1.23 bits per heavy atom. The van der Waals surface area contributed by atoms with Crippen LogP contribution < -0.4 is 20.7 Å². The smallest absolute Gasteiger partial charge is 0.253 e. The Labute approximate surface area is 210 Å². The van der Waals surface area contributed by atoms with Gasteiger partial charge in [0.2, 0.25) is 0 Å². The van der Waals surface area contributed by atoms with E-state index in [9.17, 15) is 9.18 Å². The predicted molar refractivity (Wildman–Crippen MR) is 139 cm³/mol. The summed E-state index contributed by atoms with van der Waals surface area (Å²) >= 11 is 6.67. The number of nitrogens with two attached hydrogens (primary N) is 1. The molecule has 3 N–H and O–H groups in total. The Kier molecular flexibility index (Phi) is 7.85. The van der Waals surface area contributed by atoms with E-state index in [0.29, 0.717) is 33.5 Å². The van der Waals surface area contributed by atoms with Crippen LogP contribution in [0.4, 0.5) is 16.0 Å². The molecule has 1 amide bonds. The van der Waals surface area contributed by atoms with Gasteiger partial charge in [0.05, 0.1) is 18.7 Å². The van der Waals surface area contributed by atoms with Crippen molar-refractivity contribution in [2.24, 2.45) is 0 Å². The Morgan fingerprint density at radius 2 is 1.91 bits per heavy atom. The first-order valence-corrected chi connectivity index (χ1v) is 11.6. The number of ether oxygens (including phenoxy) is 1. The molecule has 7 nitrogen and oxygen atoms in total. The van der Waals surface area contributed by atoms with Crippen LogP contribution in [0.5, 0.6) is 5.75 Å². The average Bonchev–Trinajstić information content (AvgIpc) is 2.83. The maximum Gasteiger partial charge on any atom is 0.253 e. The van der Waals surface area contributed by atoms with E-state index >= 15 is 0 Å². The van der Waals surface area contributed by atoms with E-state index in [4.69, 9.17) is 22.1 Å². The van der Waals surface area contributed by atoms with Gasteiger partial charge in [-0.3, -0.25) is 4.79 Å². The normalized spacial score (nSPS) is 11.9. The van der Waals surface area contributed by atoms with Crippen molar-refractivity contribution >= 4 is 29.1 Å². The molecule has 1 aromatic heterocycles. The predicted octanol–water partition coefficient (Wildman–Crippen LogP) is 5.52. The van der Waals surface area contributed by atoms with E-state index in [2.05, 4.69) is 15.3 Å².